The number of rotatable bonds is 2. The second-order valence-corrected chi connectivity index (χ2v) is 5.16. The van der Waals surface area contributed by atoms with E-state index in [-0.39, 0.29) is 0 Å². The number of para-hydroxylation sites is 1. The average Bonchev–Trinajstić information content (AvgIpc) is 2.42. The van der Waals surface area contributed by atoms with E-state index < -0.39 is 0 Å². The minimum Gasteiger partial charge on any atom is -0.436 e. The Bertz CT molecular complexity index is 743. The average molecular weight is 336 g/mol. The van der Waals surface area contributed by atoms with Gasteiger partial charge in [0.05, 0.1) is 9.50 Å². The highest BCUT2D eigenvalue weighted by Gasteiger charge is 2.08. The molecular formula is C14H8BrClN2O. The molecule has 19 heavy (non-hydrogen) atoms. The molecule has 2 aromatic heterocycles. The summed E-state index contributed by atoms with van der Waals surface area (Å²) in [7, 11) is 0. The van der Waals surface area contributed by atoms with Gasteiger partial charge in [-0.1, -0.05) is 29.8 Å². The van der Waals surface area contributed by atoms with Crippen LogP contribution in [0.1, 0.15) is 0 Å². The standard InChI is InChI=1S/C14H8BrClN2O/c15-11-7-10(16)8-18-14(11)19-12-5-1-3-9-4-2-6-17-13(9)12/h1-8H. The van der Waals surface area contributed by atoms with E-state index in [2.05, 4.69) is 25.9 Å². The molecule has 94 valence electrons. The largest absolute Gasteiger partial charge is 0.436 e. The highest BCUT2D eigenvalue weighted by molar-refractivity contribution is 9.10. The fraction of sp³-hybridized carbons (Fsp3) is 0. The second-order valence-electron chi connectivity index (χ2n) is 3.87. The Kier molecular flexibility index (Phi) is 3.36. The Morgan fingerprint density at radius 3 is 2.79 bits per heavy atom. The normalized spacial score (nSPS) is 10.6. The van der Waals surface area contributed by atoms with Crippen LogP contribution in [0.4, 0.5) is 0 Å². The molecule has 0 N–H and O–H groups in total. The molecule has 0 atom stereocenters. The van der Waals surface area contributed by atoms with Crippen molar-refractivity contribution in [2.24, 2.45) is 0 Å². The summed E-state index contributed by atoms with van der Waals surface area (Å²) in [5.74, 6) is 1.12. The summed E-state index contributed by atoms with van der Waals surface area (Å²) >= 11 is 9.23. The van der Waals surface area contributed by atoms with Crippen LogP contribution in [-0.2, 0) is 0 Å². The topological polar surface area (TPSA) is 35.0 Å². The number of fused-ring (bicyclic) bond motifs is 1. The highest BCUT2D eigenvalue weighted by atomic mass is 79.9. The van der Waals surface area contributed by atoms with Gasteiger partial charge in [-0.25, -0.2) is 4.98 Å². The van der Waals surface area contributed by atoms with Crippen LogP contribution in [0.25, 0.3) is 10.9 Å². The van der Waals surface area contributed by atoms with E-state index in [4.69, 9.17) is 16.3 Å². The van der Waals surface area contributed by atoms with Crippen LogP contribution in [0.5, 0.6) is 11.6 Å². The van der Waals surface area contributed by atoms with E-state index >= 15 is 0 Å². The minimum atomic E-state index is 0.461. The quantitative estimate of drug-likeness (QED) is 0.672. The van der Waals surface area contributed by atoms with Crippen molar-refractivity contribution >= 4 is 38.4 Å². The number of benzene rings is 1. The van der Waals surface area contributed by atoms with Gasteiger partial charge in [-0.2, -0.15) is 0 Å². The predicted molar refractivity (Wildman–Crippen MR) is 78.8 cm³/mol. The van der Waals surface area contributed by atoms with E-state index in [0.29, 0.717) is 21.1 Å². The first-order valence-electron chi connectivity index (χ1n) is 5.57. The first kappa shape index (κ1) is 12.4. The molecule has 1 aromatic carbocycles. The molecule has 2 heterocycles. The first-order valence-corrected chi connectivity index (χ1v) is 6.74. The van der Waals surface area contributed by atoms with Crippen molar-refractivity contribution in [2.75, 3.05) is 0 Å². The third-order valence-electron chi connectivity index (χ3n) is 2.58. The molecule has 0 radical (unpaired) electrons. The molecule has 0 aliphatic carbocycles. The van der Waals surface area contributed by atoms with E-state index in [9.17, 15) is 0 Å². The zero-order chi connectivity index (χ0) is 13.2. The van der Waals surface area contributed by atoms with E-state index in [1.54, 1.807) is 18.5 Å². The number of halogens is 2. The number of nitrogens with zero attached hydrogens (tertiary/aromatic N) is 2. The predicted octanol–water partition coefficient (Wildman–Crippen LogP) is 4.84. The summed E-state index contributed by atoms with van der Waals surface area (Å²) in [5, 5.41) is 1.57. The van der Waals surface area contributed by atoms with Crippen molar-refractivity contribution in [3.05, 3.63) is 58.3 Å². The number of hydrogen-bond acceptors (Lipinski definition) is 3. The Morgan fingerprint density at radius 1 is 1.11 bits per heavy atom. The summed E-state index contributed by atoms with van der Waals surface area (Å²) < 4.78 is 6.50. The number of ether oxygens (including phenoxy) is 1. The van der Waals surface area contributed by atoms with Crippen LogP contribution in [0.15, 0.2) is 53.3 Å². The zero-order valence-corrected chi connectivity index (χ0v) is 12.0. The molecule has 0 saturated carbocycles. The second kappa shape index (κ2) is 5.15. The van der Waals surface area contributed by atoms with Crippen LogP contribution in [-0.4, -0.2) is 9.97 Å². The fourth-order valence-corrected chi connectivity index (χ4v) is 2.46. The maximum atomic E-state index is 5.85. The molecule has 3 nitrogen and oxygen atoms in total. The van der Waals surface area contributed by atoms with Crippen LogP contribution in [0, 0.1) is 0 Å². The Balaban J connectivity index is 2.06. The monoisotopic (exact) mass is 334 g/mol. The molecule has 0 bridgehead atoms. The molecule has 0 unspecified atom stereocenters. The summed E-state index contributed by atoms with van der Waals surface area (Å²) in [4.78, 5) is 8.48. The van der Waals surface area contributed by atoms with Crippen molar-refractivity contribution in [3.63, 3.8) is 0 Å². The van der Waals surface area contributed by atoms with Crippen molar-refractivity contribution in [2.45, 2.75) is 0 Å². The number of aromatic nitrogens is 2. The summed E-state index contributed by atoms with van der Waals surface area (Å²) in [6, 6.07) is 11.4. The SMILES string of the molecule is Clc1cnc(Oc2cccc3cccnc23)c(Br)c1. The first-order chi connectivity index (χ1) is 9.24. The zero-order valence-electron chi connectivity index (χ0n) is 9.68. The molecule has 0 aliphatic rings. The maximum Gasteiger partial charge on any atom is 0.233 e. The minimum absolute atomic E-state index is 0.461. The van der Waals surface area contributed by atoms with E-state index in [1.807, 2.05) is 30.3 Å². The lowest BCUT2D eigenvalue weighted by atomic mass is 10.2. The Labute approximate surface area is 123 Å². The third kappa shape index (κ3) is 2.55. The summed E-state index contributed by atoms with van der Waals surface area (Å²) in [5.41, 5.74) is 0.800. The fourth-order valence-electron chi connectivity index (χ4n) is 1.74. The van der Waals surface area contributed by atoms with Crippen molar-refractivity contribution in [1.29, 1.82) is 0 Å². The molecular weight excluding hydrogens is 328 g/mol. The molecule has 0 spiro atoms. The van der Waals surface area contributed by atoms with Gasteiger partial charge in [0.15, 0.2) is 5.75 Å². The van der Waals surface area contributed by atoms with Gasteiger partial charge >= 0.3 is 0 Å². The molecule has 0 amide bonds. The Morgan fingerprint density at radius 2 is 1.95 bits per heavy atom. The smallest absolute Gasteiger partial charge is 0.233 e. The maximum absolute atomic E-state index is 5.85. The van der Waals surface area contributed by atoms with Crippen LogP contribution in [0.2, 0.25) is 5.02 Å². The van der Waals surface area contributed by atoms with Gasteiger partial charge in [-0.05, 0) is 34.1 Å². The van der Waals surface area contributed by atoms with Gasteiger partial charge in [0.1, 0.15) is 5.52 Å². The van der Waals surface area contributed by atoms with Gasteiger partial charge in [-0.3, -0.25) is 4.98 Å². The summed E-state index contributed by atoms with van der Waals surface area (Å²) in [6.07, 6.45) is 3.28. The molecule has 0 saturated heterocycles. The molecule has 0 fully saturated rings. The Hall–Kier alpha value is -1.65. The van der Waals surface area contributed by atoms with Crippen molar-refractivity contribution in [3.8, 4) is 11.6 Å². The van der Waals surface area contributed by atoms with Gasteiger partial charge in [0, 0.05) is 17.8 Å². The van der Waals surface area contributed by atoms with Gasteiger partial charge in [0.2, 0.25) is 5.88 Å². The molecule has 5 heteroatoms. The van der Waals surface area contributed by atoms with Crippen molar-refractivity contribution in [1.82, 2.24) is 9.97 Å². The summed E-state index contributed by atoms with van der Waals surface area (Å²) in [6.45, 7) is 0. The number of pyridine rings is 2. The highest BCUT2D eigenvalue weighted by Crippen LogP contribution is 2.32. The lowest BCUT2D eigenvalue weighted by molar-refractivity contribution is 0.464. The van der Waals surface area contributed by atoms with Gasteiger partial charge in [0.25, 0.3) is 0 Å². The van der Waals surface area contributed by atoms with Crippen molar-refractivity contribution < 1.29 is 4.74 Å². The molecule has 0 aliphatic heterocycles. The third-order valence-corrected chi connectivity index (χ3v) is 3.35. The van der Waals surface area contributed by atoms with Crippen LogP contribution < -0.4 is 4.74 Å². The lowest BCUT2D eigenvalue weighted by Crippen LogP contribution is -1.91. The van der Waals surface area contributed by atoms with Crippen LogP contribution in [0.3, 0.4) is 0 Å². The van der Waals surface area contributed by atoms with E-state index in [1.165, 1.54) is 0 Å². The molecule has 3 aromatic rings. The van der Waals surface area contributed by atoms with Gasteiger partial charge < -0.3 is 4.74 Å². The van der Waals surface area contributed by atoms with Crippen LogP contribution >= 0.6 is 27.5 Å². The van der Waals surface area contributed by atoms with Gasteiger partial charge in [-0.15, -0.1) is 0 Å². The van der Waals surface area contributed by atoms with E-state index in [0.717, 1.165) is 10.9 Å². The molecule has 3 rings (SSSR count). The lowest BCUT2D eigenvalue weighted by Gasteiger charge is -2.08. The number of hydrogen-bond donors (Lipinski definition) is 0.